The largest absolute Gasteiger partial charge is 0.316 e. The second kappa shape index (κ2) is 3.64. The molecule has 1 fully saturated rings. The maximum atomic E-state index is 11.8. The quantitative estimate of drug-likeness (QED) is 0.732. The summed E-state index contributed by atoms with van der Waals surface area (Å²) in [7, 11) is 0. The van der Waals surface area contributed by atoms with E-state index in [-0.39, 0.29) is 5.56 Å². The molecular formula is C10H13N3OS. The van der Waals surface area contributed by atoms with E-state index in [0.717, 1.165) is 48.1 Å². The highest BCUT2D eigenvalue weighted by Crippen LogP contribution is 2.27. The Balaban J connectivity index is 2.03. The summed E-state index contributed by atoms with van der Waals surface area (Å²) in [6.45, 7) is 1.97. The molecule has 5 heteroatoms. The van der Waals surface area contributed by atoms with E-state index in [1.54, 1.807) is 11.8 Å². The van der Waals surface area contributed by atoms with Crippen LogP contribution in [0.4, 0.5) is 0 Å². The lowest BCUT2D eigenvalue weighted by Gasteiger charge is -2.08. The molecule has 2 aliphatic heterocycles. The fourth-order valence-electron chi connectivity index (χ4n) is 2.16. The van der Waals surface area contributed by atoms with Crippen LogP contribution < -0.4 is 10.9 Å². The van der Waals surface area contributed by atoms with Crippen molar-refractivity contribution in [3.63, 3.8) is 0 Å². The van der Waals surface area contributed by atoms with Crippen LogP contribution in [-0.4, -0.2) is 23.1 Å². The Morgan fingerprint density at radius 3 is 3.13 bits per heavy atom. The van der Waals surface area contributed by atoms with Crippen molar-refractivity contribution in [2.75, 3.05) is 13.1 Å². The fraction of sp³-hybridized carbons (Fsp3) is 0.600. The fourth-order valence-corrected chi connectivity index (χ4v) is 3.20. The molecule has 1 aromatic heterocycles. The Kier molecular flexibility index (Phi) is 2.29. The van der Waals surface area contributed by atoms with Crippen LogP contribution in [0, 0.1) is 0 Å². The molecule has 0 spiro atoms. The number of aromatic nitrogens is 2. The van der Waals surface area contributed by atoms with Gasteiger partial charge >= 0.3 is 0 Å². The van der Waals surface area contributed by atoms with Crippen LogP contribution in [0.3, 0.4) is 0 Å². The maximum absolute atomic E-state index is 11.8. The third-order valence-electron chi connectivity index (χ3n) is 3.05. The predicted octanol–water partition coefficient (Wildman–Crippen LogP) is 0.594. The zero-order valence-electron chi connectivity index (χ0n) is 8.38. The van der Waals surface area contributed by atoms with Crippen molar-refractivity contribution in [1.82, 2.24) is 15.3 Å². The lowest BCUT2D eigenvalue weighted by atomic mass is 10.1. The van der Waals surface area contributed by atoms with E-state index in [2.05, 4.69) is 15.3 Å². The molecule has 2 N–H and O–H groups in total. The molecule has 3 rings (SSSR count). The van der Waals surface area contributed by atoms with Gasteiger partial charge in [0.2, 0.25) is 0 Å². The van der Waals surface area contributed by atoms with Crippen molar-refractivity contribution in [3.8, 4) is 0 Å². The minimum absolute atomic E-state index is 0.0758. The first-order valence-corrected chi connectivity index (χ1v) is 6.40. The van der Waals surface area contributed by atoms with Crippen molar-refractivity contribution >= 4 is 11.8 Å². The number of nitrogens with one attached hydrogen (secondary N) is 2. The summed E-state index contributed by atoms with van der Waals surface area (Å²) >= 11 is 1.77. The molecule has 4 nitrogen and oxygen atoms in total. The number of hydrogen-bond acceptors (Lipinski definition) is 4. The predicted molar refractivity (Wildman–Crippen MR) is 60.1 cm³/mol. The highest BCUT2D eigenvalue weighted by atomic mass is 32.2. The van der Waals surface area contributed by atoms with Gasteiger partial charge in [-0.25, -0.2) is 4.98 Å². The number of thioether (sulfide) groups is 1. The normalized spacial score (nSPS) is 24.4. The zero-order valence-corrected chi connectivity index (χ0v) is 9.19. The highest BCUT2D eigenvalue weighted by molar-refractivity contribution is 7.98. The van der Waals surface area contributed by atoms with Gasteiger partial charge < -0.3 is 10.3 Å². The van der Waals surface area contributed by atoms with Gasteiger partial charge in [0.05, 0.1) is 5.69 Å². The summed E-state index contributed by atoms with van der Waals surface area (Å²) in [5.74, 6) is 2.99. The summed E-state index contributed by atoms with van der Waals surface area (Å²) in [6.07, 6.45) is 1.08. The number of rotatable bonds is 1. The zero-order chi connectivity index (χ0) is 10.3. The van der Waals surface area contributed by atoms with Crippen LogP contribution in [-0.2, 0) is 11.5 Å². The molecule has 1 unspecified atom stereocenters. The molecule has 0 aliphatic carbocycles. The number of aromatic amines is 1. The molecule has 2 aliphatic rings. The lowest BCUT2D eigenvalue weighted by Crippen LogP contribution is -2.20. The maximum Gasteiger partial charge on any atom is 0.255 e. The Hall–Kier alpha value is -0.810. The third kappa shape index (κ3) is 1.59. The first-order valence-electron chi connectivity index (χ1n) is 5.25. The first kappa shape index (κ1) is 9.42. The van der Waals surface area contributed by atoms with Gasteiger partial charge in [0, 0.05) is 29.5 Å². The van der Waals surface area contributed by atoms with Gasteiger partial charge in [0.15, 0.2) is 0 Å². The summed E-state index contributed by atoms with van der Waals surface area (Å²) in [5.41, 5.74) is 1.97. The van der Waals surface area contributed by atoms with Gasteiger partial charge in [0.1, 0.15) is 5.82 Å². The van der Waals surface area contributed by atoms with Crippen molar-refractivity contribution in [2.45, 2.75) is 23.8 Å². The van der Waals surface area contributed by atoms with Crippen LogP contribution in [0.1, 0.15) is 29.4 Å². The molecule has 0 amide bonds. The average molecular weight is 223 g/mol. The topological polar surface area (TPSA) is 57.8 Å². The van der Waals surface area contributed by atoms with Crippen molar-refractivity contribution in [3.05, 3.63) is 27.4 Å². The van der Waals surface area contributed by atoms with Crippen LogP contribution in [0.5, 0.6) is 0 Å². The molecular weight excluding hydrogens is 210 g/mol. The van der Waals surface area contributed by atoms with E-state index in [1.165, 1.54) is 0 Å². The van der Waals surface area contributed by atoms with Crippen molar-refractivity contribution in [1.29, 1.82) is 0 Å². The molecule has 0 bridgehead atoms. The van der Waals surface area contributed by atoms with Gasteiger partial charge in [-0.05, 0) is 13.0 Å². The minimum atomic E-state index is 0.0758. The number of nitrogens with zero attached hydrogens (tertiary/aromatic N) is 1. The molecule has 1 aromatic rings. The Morgan fingerprint density at radius 1 is 1.40 bits per heavy atom. The molecule has 0 aromatic carbocycles. The second-order valence-corrected chi connectivity index (χ2v) is 5.04. The SMILES string of the molecule is O=c1[nH]c(C2CCNC2)nc2c1CSC2. The molecule has 0 saturated carbocycles. The van der Waals surface area contributed by atoms with E-state index >= 15 is 0 Å². The highest BCUT2D eigenvalue weighted by Gasteiger charge is 2.23. The lowest BCUT2D eigenvalue weighted by molar-refractivity contribution is 0.689. The Morgan fingerprint density at radius 2 is 2.33 bits per heavy atom. The van der Waals surface area contributed by atoms with Gasteiger partial charge in [-0.2, -0.15) is 11.8 Å². The Labute approximate surface area is 91.9 Å². The van der Waals surface area contributed by atoms with Gasteiger partial charge in [-0.1, -0.05) is 0 Å². The number of H-pyrrole nitrogens is 1. The standard InChI is InChI=1S/C10H13N3OS/c14-10-7-4-15-5-8(7)12-9(13-10)6-1-2-11-3-6/h6,11H,1-5H2,(H,12,13,14). The number of fused-ring (bicyclic) bond motifs is 1. The smallest absolute Gasteiger partial charge is 0.255 e. The van der Waals surface area contributed by atoms with E-state index in [0.29, 0.717) is 5.92 Å². The van der Waals surface area contributed by atoms with E-state index in [1.807, 2.05) is 0 Å². The van der Waals surface area contributed by atoms with E-state index in [9.17, 15) is 4.79 Å². The van der Waals surface area contributed by atoms with Crippen LogP contribution >= 0.6 is 11.8 Å². The third-order valence-corrected chi connectivity index (χ3v) is 4.02. The minimum Gasteiger partial charge on any atom is -0.316 e. The van der Waals surface area contributed by atoms with Crippen LogP contribution in [0.15, 0.2) is 4.79 Å². The summed E-state index contributed by atoms with van der Waals surface area (Å²) in [5, 5.41) is 3.29. The second-order valence-electron chi connectivity index (χ2n) is 4.06. The van der Waals surface area contributed by atoms with E-state index in [4.69, 9.17) is 0 Å². The van der Waals surface area contributed by atoms with Gasteiger partial charge in [-0.15, -0.1) is 0 Å². The van der Waals surface area contributed by atoms with Crippen LogP contribution in [0.25, 0.3) is 0 Å². The molecule has 3 heterocycles. The molecule has 1 saturated heterocycles. The molecule has 0 radical (unpaired) electrons. The summed E-state index contributed by atoms with van der Waals surface area (Å²) in [6, 6.07) is 0. The number of hydrogen-bond donors (Lipinski definition) is 2. The average Bonchev–Trinajstić information content (AvgIpc) is 2.88. The molecule has 80 valence electrons. The van der Waals surface area contributed by atoms with Crippen molar-refractivity contribution < 1.29 is 0 Å². The molecule has 1 atom stereocenters. The molecule has 15 heavy (non-hydrogen) atoms. The first-order chi connectivity index (χ1) is 7.34. The van der Waals surface area contributed by atoms with Crippen molar-refractivity contribution in [2.24, 2.45) is 0 Å². The Bertz CT molecular complexity index is 437. The van der Waals surface area contributed by atoms with E-state index < -0.39 is 0 Å². The monoisotopic (exact) mass is 223 g/mol. The van der Waals surface area contributed by atoms with Gasteiger partial charge in [0.25, 0.3) is 5.56 Å². The summed E-state index contributed by atoms with van der Waals surface area (Å²) < 4.78 is 0. The van der Waals surface area contributed by atoms with Gasteiger partial charge in [-0.3, -0.25) is 4.79 Å². The van der Waals surface area contributed by atoms with Crippen LogP contribution in [0.2, 0.25) is 0 Å². The summed E-state index contributed by atoms with van der Waals surface area (Å²) in [4.78, 5) is 19.3.